The summed E-state index contributed by atoms with van der Waals surface area (Å²) in [5.74, 6) is 1.25. The number of rotatable bonds is 3. The smallest absolute Gasteiger partial charge is 0.157 e. The van der Waals surface area contributed by atoms with Crippen molar-refractivity contribution in [3.05, 3.63) is 42.1 Å². The van der Waals surface area contributed by atoms with Gasteiger partial charge in [-0.05, 0) is 18.2 Å². The molecule has 0 amide bonds. The lowest BCUT2D eigenvalue weighted by atomic mass is 10.2. The molecule has 0 atom stereocenters. The van der Waals surface area contributed by atoms with Gasteiger partial charge in [0.1, 0.15) is 11.8 Å². The van der Waals surface area contributed by atoms with Crippen molar-refractivity contribution in [2.75, 3.05) is 24.8 Å². The minimum absolute atomic E-state index is 0.360. The molecule has 0 saturated heterocycles. The molecule has 0 aliphatic heterocycles. The summed E-state index contributed by atoms with van der Waals surface area (Å²) in [6.45, 7) is 0. The molecule has 96 valence electrons. The number of para-hydroxylation sites is 2. The lowest BCUT2D eigenvalue weighted by Crippen LogP contribution is -2.15. The Labute approximate surface area is 111 Å². The van der Waals surface area contributed by atoms with Gasteiger partial charge in [-0.1, -0.05) is 12.1 Å². The Morgan fingerprint density at radius 3 is 2.74 bits per heavy atom. The molecule has 0 fully saturated rings. The van der Waals surface area contributed by atoms with Crippen molar-refractivity contribution in [1.29, 1.82) is 5.26 Å². The predicted molar refractivity (Wildman–Crippen MR) is 74.4 cm³/mol. The maximum atomic E-state index is 8.99. The quantitative estimate of drug-likeness (QED) is 0.909. The fraction of sp³-hybridized carbons (Fsp3) is 0.143. The minimum atomic E-state index is 0.360. The molecule has 19 heavy (non-hydrogen) atoms. The second kappa shape index (κ2) is 5.27. The van der Waals surface area contributed by atoms with E-state index in [1.807, 2.05) is 37.4 Å². The summed E-state index contributed by atoms with van der Waals surface area (Å²) in [6.07, 6.45) is 1.57. The molecule has 0 bridgehead atoms. The number of methoxy groups -OCH3 is 1. The maximum Gasteiger partial charge on any atom is 0.157 e. The number of aromatic nitrogens is 1. The summed E-state index contributed by atoms with van der Waals surface area (Å²) in [6, 6.07) is 11.2. The number of pyridine rings is 1. The van der Waals surface area contributed by atoms with Crippen LogP contribution >= 0.6 is 0 Å². The molecule has 0 spiro atoms. The highest BCUT2D eigenvalue weighted by atomic mass is 16.5. The van der Waals surface area contributed by atoms with E-state index in [2.05, 4.69) is 4.98 Å². The Bertz CT molecular complexity index is 634. The molecule has 1 aromatic heterocycles. The number of hydrogen-bond donors (Lipinski definition) is 1. The molecule has 0 aliphatic carbocycles. The van der Waals surface area contributed by atoms with E-state index in [1.165, 1.54) is 0 Å². The number of nitrogens with two attached hydrogens (primary N) is 1. The van der Waals surface area contributed by atoms with Crippen molar-refractivity contribution in [2.24, 2.45) is 0 Å². The summed E-state index contributed by atoms with van der Waals surface area (Å²) in [5, 5.41) is 8.99. The zero-order valence-corrected chi connectivity index (χ0v) is 10.8. The van der Waals surface area contributed by atoms with Crippen molar-refractivity contribution in [1.82, 2.24) is 4.98 Å². The van der Waals surface area contributed by atoms with Crippen LogP contribution in [0.3, 0.4) is 0 Å². The van der Waals surface area contributed by atoms with Gasteiger partial charge in [-0.25, -0.2) is 4.98 Å². The summed E-state index contributed by atoms with van der Waals surface area (Å²) >= 11 is 0. The SMILES string of the molecule is COc1ccccc1N(C)c1nccc(C#N)c1N. The van der Waals surface area contributed by atoms with Gasteiger partial charge in [0.2, 0.25) is 0 Å². The molecule has 2 rings (SSSR count). The van der Waals surface area contributed by atoms with Crippen molar-refractivity contribution in [3.8, 4) is 11.8 Å². The van der Waals surface area contributed by atoms with E-state index in [1.54, 1.807) is 24.3 Å². The van der Waals surface area contributed by atoms with Gasteiger partial charge in [0.15, 0.2) is 5.82 Å². The van der Waals surface area contributed by atoms with Gasteiger partial charge < -0.3 is 15.4 Å². The van der Waals surface area contributed by atoms with E-state index in [9.17, 15) is 0 Å². The average Bonchev–Trinajstić information content (AvgIpc) is 2.46. The Morgan fingerprint density at radius 2 is 2.05 bits per heavy atom. The molecule has 0 saturated carbocycles. The highest BCUT2D eigenvalue weighted by Crippen LogP contribution is 2.34. The van der Waals surface area contributed by atoms with Crippen LogP contribution in [0.1, 0.15) is 5.56 Å². The zero-order valence-electron chi connectivity index (χ0n) is 10.8. The molecule has 1 aromatic carbocycles. The first-order valence-corrected chi connectivity index (χ1v) is 5.70. The van der Waals surface area contributed by atoms with E-state index in [4.69, 9.17) is 15.7 Å². The lowest BCUT2D eigenvalue weighted by Gasteiger charge is -2.22. The first-order valence-electron chi connectivity index (χ1n) is 5.70. The second-order valence-corrected chi connectivity index (χ2v) is 3.94. The van der Waals surface area contributed by atoms with Crippen LogP contribution in [0.25, 0.3) is 0 Å². The molecule has 2 aromatic rings. The van der Waals surface area contributed by atoms with E-state index in [0.717, 1.165) is 5.69 Å². The first-order chi connectivity index (χ1) is 9.19. The van der Waals surface area contributed by atoms with Crippen molar-refractivity contribution < 1.29 is 4.74 Å². The molecule has 1 heterocycles. The van der Waals surface area contributed by atoms with E-state index < -0.39 is 0 Å². The summed E-state index contributed by atoms with van der Waals surface area (Å²) in [5.41, 5.74) is 7.56. The van der Waals surface area contributed by atoms with Gasteiger partial charge in [-0.3, -0.25) is 0 Å². The number of benzene rings is 1. The van der Waals surface area contributed by atoms with Crippen molar-refractivity contribution in [3.63, 3.8) is 0 Å². The number of nitriles is 1. The van der Waals surface area contributed by atoms with Crippen LogP contribution in [0.2, 0.25) is 0 Å². The molecular weight excluding hydrogens is 240 g/mol. The van der Waals surface area contributed by atoms with Crippen LogP contribution in [0, 0.1) is 11.3 Å². The third-order valence-corrected chi connectivity index (χ3v) is 2.85. The van der Waals surface area contributed by atoms with Crippen LogP contribution in [0.5, 0.6) is 5.75 Å². The van der Waals surface area contributed by atoms with Crippen LogP contribution < -0.4 is 15.4 Å². The van der Waals surface area contributed by atoms with E-state index >= 15 is 0 Å². The van der Waals surface area contributed by atoms with Crippen LogP contribution in [0.15, 0.2) is 36.5 Å². The summed E-state index contributed by atoms with van der Waals surface area (Å²) in [4.78, 5) is 6.03. The lowest BCUT2D eigenvalue weighted by molar-refractivity contribution is 0.415. The summed E-state index contributed by atoms with van der Waals surface area (Å²) < 4.78 is 5.31. The number of nitrogen functional groups attached to an aromatic ring is 1. The third kappa shape index (κ3) is 2.29. The molecular formula is C14H14N4O. The molecule has 0 aliphatic rings. The van der Waals surface area contributed by atoms with Gasteiger partial charge >= 0.3 is 0 Å². The maximum absolute atomic E-state index is 8.99. The average molecular weight is 254 g/mol. The number of nitrogens with zero attached hydrogens (tertiary/aromatic N) is 3. The monoisotopic (exact) mass is 254 g/mol. The summed E-state index contributed by atoms with van der Waals surface area (Å²) in [7, 11) is 3.44. The van der Waals surface area contributed by atoms with Crippen molar-refractivity contribution in [2.45, 2.75) is 0 Å². The molecule has 0 unspecified atom stereocenters. The Kier molecular flexibility index (Phi) is 3.53. The minimum Gasteiger partial charge on any atom is -0.495 e. The van der Waals surface area contributed by atoms with Gasteiger partial charge in [0.25, 0.3) is 0 Å². The van der Waals surface area contributed by atoms with Gasteiger partial charge in [-0.15, -0.1) is 0 Å². The molecule has 5 heteroatoms. The van der Waals surface area contributed by atoms with Crippen molar-refractivity contribution >= 4 is 17.2 Å². The zero-order chi connectivity index (χ0) is 13.8. The Hall–Kier alpha value is -2.74. The van der Waals surface area contributed by atoms with Gasteiger partial charge in [0.05, 0.1) is 24.0 Å². The van der Waals surface area contributed by atoms with Gasteiger partial charge in [-0.2, -0.15) is 5.26 Å². The number of anilines is 3. The van der Waals surface area contributed by atoms with Crippen LogP contribution in [-0.4, -0.2) is 19.1 Å². The Morgan fingerprint density at radius 1 is 1.32 bits per heavy atom. The molecule has 0 radical (unpaired) electrons. The van der Waals surface area contributed by atoms with Gasteiger partial charge in [0, 0.05) is 13.2 Å². The highest BCUT2D eigenvalue weighted by Gasteiger charge is 2.15. The first kappa shape index (κ1) is 12.7. The topological polar surface area (TPSA) is 75.2 Å². The fourth-order valence-electron chi connectivity index (χ4n) is 1.85. The standard InChI is InChI=1S/C14H14N4O/c1-18(11-5-3-4-6-12(11)19-2)14-13(16)10(9-15)7-8-17-14/h3-8H,16H2,1-2H3. The predicted octanol–water partition coefficient (Wildman–Crippen LogP) is 2.31. The third-order valence-electron chi connectivity index (χ3n) is 2.85. The normalized spacial score (nSPS) is 9.74. The van der Waals surface area contributed by atoms with E-state index in [-0.39, 0.29) is 0 Å². The largest absolute Gasteiger partial charge is 0.495 e. The molecule has 5 nitrogen and oxygen atoms in total. The van der Waals surface area contributed by atoms with Crippen LogP contribution in [-0.2, 0) is 0 Å². The number of ether oxygens (including phenoxy) is 1. The van der Waals surface area contributed by atoms with E-state index in [0.29, 0.717) is 22.8 Å². The Balaban J connectivity index is 2.51. The van der Waals surface area contributed by atoms with Crippen LogP contribution in [0.4, 0.5) is 17.2 Å². The molecule has 2 N–H and O–H groups in total. The number of hydrogen-bond acceptors (Lipinski definition) is 5. The fourth-order valence-corrected chi connectivity index (χ4v) is 1.85. The second-order valence-electron chi connectivity index (χ2n) is 3.94. The highest BCUT2D eigenvalue weighted by molar-refractivity contribution is 5.77.